The van der Waals surface area contributed by atoms with Crippen molar-refractivity contribution in [3.8, 4) is 0 Å². The first kappa shape index (κ1) is 11.3. The standard InChI is InChI=1S/C14H15N3S/c1-11-9-14(18-10-11)15-13-7-8-17(16-13)12-5-3-2-4-6-12/h2-6,9-10H,7-8H2,1H3,(H,15,16). The number of rotatable bonds is 2. The van der Waals surface area contributed by atoms with E-state index in [4.69, 9.17) is 0 Å². The van der Waals surface area contributed by atoms with Gasteiger partial charge in [0.2, 0.25) is 0 Å². The molecule has 0 radical (unpaired) electrons. The van der Waals surface area contributed by atoms with E-state index in [2.05, 4.69) is 40.9 Å². The molecule has 0 saturated carbocycles. The summed E-state index contributed by atoms with van der Waals surface area (Å²) in [5.74, 6) is 1.04. The number of nitrogens with one attached hydrogen (secondary N) is 1. The third-order valence-corrected chi connectivity index (χ3v) is 3.82. The van der Waals surface area contributed by atoms with Crippen molar-refractivity contribution in [1.82, 2.24) is 0 Å². The van der Waals surface area contributed by atoms with Crippen molar-refractivity contribution in [3.63, 3.8) is 0 Å². The molecule has 92 valence electrons. The Morgan fingerprint density at radius 1 is 1.28 bits per heavy atom. The first-order valence-electron chi connectivity index (χ1n) is 6.03. The molecule has 0 amide bonds. The molecule has 3 rings (SSSR count). The molecular formula is C14H15N3S. The smallest absolute Gasteiger partial charge is 0.129 e. The molecule has 0 unspecified atom stereocenters. The highest BCUT2D eigenvalue weighted by Gasteiger charge is 2.15. The predicted molar refractivity (Wildman–Crippen MR) is 78.5 cm³/mol. The minimum atomic E-state index is 0.941. The number of thiophene rings is 1. The molecule has 1 aliphatic rings. The summed E-state index contributed by atoms with van der Waals surface area (Å²) in [4.78, 5) is 0. The Kier molecular flexibility index (Phi) is 3.02. The average Bonchev–Trinajstić information content (AvgIpc) is 3.01. The summed E-state index contributed by atoms with van der Waals surface area (Å²) in [6, 6.07) is 12.4. The zero-order chi connectivity index (χ0) is 12.4. The molecule has 0 bridgehead atoms. The maximum atomic E-state index is 4.61. The molecule has 0 fully saturated rings. The summed E-state index contributed by atoms with van der Waals surface area (Å²) >= 11 is 1.72. The molecule has 0 spiro atoms. The van der Waals surface area contributed by atoms with E-state index in [0.29, 0.717) is 0 Å². The minimum absolute atomic E-state index is 0.941. The first-order chi connectivity index (χ1) is 8.81. The van der Waals surface area contributed by atoms with Crippen molar-refractivity contribution in [2.75, 3.05) is 16.9 Å². The second-order valence-electron chi connectivity index (χ2n) is 4.37. The van der Waals surface area contributed by atoms with Gasteiger partial charge in [0.15, 0.2) is 0 Å². The van der Waals surface area contributed by atoms with Gasteiger partial charge in [-0.1, -0.05) is 18.2 Å². The summed E-state index contributed by atoms with van der Waals surface area (Å²) in [5, 5.41) is 13.4. The Bertz CT molecular complexity index is 559. The summed E-state index contributed by atoms with van der Waals surface area (Å²) in [5.41, 5.74) is 2.44. The Labute approximate surface area is 111 Å². The fraction of sp³-hybridized carbons (Fsp3) is 0.214. The summed E-state index contributed by atoms with van der Waals surface area (Å²) in [6.45, 7) is 3.05. The van der Waals surface area contributed by atoms with Gasteiger partial charge >= 0.3 is 0 Å². The Hall–Kier alpha value is -1.81. The summed E-state index contributed by atoms with van der Waals surface area (Å²) in [7, 11) is 0. The van der Waals surface area contributed by atoms with E-state index in [1.54, 1.807) is 11.3 Å². The second kappa shape index (κ2) is 4.82. The van der Waals surface area contributed by atoms with Crippen molar-refractivity contribution in [3.05, 3.63) is 47.3 Å². The summed E-state index contributed by atoms with van der Waals surface area (Å²) in [6.07, 6.45) is 0.964. The van der Waals surface area contributed by atoms with Crippen LogP contribution >= 0.6 is 11.3 Å². The number of para-hydroxylation sites is 1. The van der Waals surface area contributed by atoms with E-state index >= 15 is 0 Å². The highest BCUT2D eigenvalue weighted by molar-refractivity contribution is 7.14. The van der Waals surface area contributed by atoms with Gasteiger partial charge in [-0.25, -0.2) is 0 Å². The van der Waals surface area contributed by atoms with Crippen molar-refractivity contribution in [2.24, 2.45) is 5.10 Å². The molecule has 2 heterocycles. The van der Waals surface area contributed by atoms with Crippen molar-refractivity contribution < 1.29 is 0 Å². The average molecular weight is 257 g/mol. The van der Waals surface area contributed by atoms with Gasteiger partial charge in [-0.05, 0) is 36.1 Å². The molecule has 18 heavy (non-hydrogen) atoms. The molecule has 1 N–H and O–H groups in total. The van der Waals surface area contributed by atoms with Gasteiger partial charge in [0.05, 0.1) is 10.7 Å². The van der Waals surface area contributed by atoms with Gasteiger partial charge < -0.3 is 5.32 Å². The van der Waals surface area contributed by atoms with Crippen LogP contribution in [0.5, 0.6) is 0 Å². The number of hydrogen-bond donors (Lipinski definition) is 1. The number of anilines is 2. The number of hydrazone groups is 1. The van der Waals surface area contributed by atoms with E-state index < -0.39 is 0 Å². The number of nitrogens with zero attached hydrogens (tertiary/aromatic N) is 2. The van der Waals surface area contributed by atoms with Crippen molar-refractivity contribution >= 4 is 27.9 Å². The normalized spacial score (nSPS) is 14.7. The lowest BCUT2D eigenvalue weighted by atomic mass is 10.3. The highest BCUT2D eigenvalue weighted by atomic mass is 32.1. The summed E-state index contributed by atoms with van der Waals surface area (Å²) < 4.78 is 0. The molecule has 1 aromatic carbocycles. The van der Waals surface area contributed by atoms with Crippen LogP contribution in [0.1, 0.15) is 12.0 Å². The van der Waals surface area contributed by atoms with Crippen LogP contribution in [0.2, 0.25) is 0 Å². The molecule has 1 aliphatic heterocycles. The molecule has 0 saturated heterocycles. The van der Waals surface area contributed by atoms with Crippen LogP contribution in [-0.4, -0.2) is 12.4 Å². The predicted octanol–water partition coefficient (Wildman–Crippen LogP) is 3.69. The molecule has 1 aromatic heterocycles. The molecule has 4 heteroatoms. The van der Waals surface area contributed by atoms with E-state index in [0.717, 1.165) is 24.5 Å². The van der Waals surface area contributed by atoms with Gasteiger partial charge in [-0.3, -0.25) is 5.01 Å². The Morgan fingerprint density at radius 3 is 2.83 bits per heavy atom. The Balaban J connectivity index is 1.72. The zero-order valence-electron chi connectivity index (χ0n) is 10.3. The van der Waals surface area contributed by atoms with Gasteiger partial charge in [-0.15, -0.1) is 11.3 Å². The maximum Gasteiger partial charge on any atom is 0.129 e. The van der Waals surface area contributed by atoms with Crippen molar-refractivity contribution in [2.45, 2.75) is 13.3 Å². The van der Waals surface area contributed by atoms with Crippen LogP contribution in [0.15, 0.2) is 46.9 Å². The molecule has 3 nitrogen and oxygen atoms in total. The van der Waals surface area contributed by atoms with Crippen LogP contribution in [0, 0.1) is 6.92 Å². The lowest BCUT2D eigenvalue weighted by molar-refractivity contribution is 0.922. The van der Waals surface area contributed by atoms with Crippen LogP contribution in [0.4, 0.5) is 10.7 Å². The lowest BCUT2D eigenvalue weighted by Crippen LogP contribution is -2.11. The SMILES string of the molecule is Cc1csc(NC2=NN(c3ccccc3)CC2)c1. The van der Waals surface area contributed by atoms with Crippen LogP contribution in [0.25, 0.3) is 0 Å². The van der Waals surface area contributed by atoms with E-state index in [-0.39, 0.29) is 0 Å². The third-order valence-electron chi connectivity index (χ3n) is 2.85. The maximum absolute atomic E-state index is 4.61. The fourth-order valence-electron chi connectivity index (χ4n) is 1.97. The van der Waals surface area contributed by atoms with E-state index in [1.807, 2.05) is 23.2 Å². The molecule has 2 aromatic rings. The van der Waals surface area contributed by atoms with Crippen LogP contribution < -0.4 is 10.3 Å². The molecule has 0 aliphatic carbocycles. The third kappa shape index (κ3) is 2.38. The number of aryl methyl sites for hydroxylation is 1. The number of benzene rings is 1. The van der Waals surface area contributed by atoms with Gasteiger partial charge in [0.1, 0.15) is 5.84 Å². The van der Waals surface area contributed by atoms with Crippen LogP contribution in [0.3, 0.4) is 0 Å². The largest absolute Gasteiger partial charge is 0.334 e. The first-order valence-corrected chi connectivity index (χ1v) is 6.91. The van der Waals surface area contributed by atoms with Crippen molar-refractivity contribution in [1.29, 1.82) is 0 Å². The second-order valence-corrected chi connectivity index (χ2v) is 5.28. The Morgan fingerprint density at radius 2 is 2.11 bits per heavy atom. The van der Waals surface area contributed by atoms with Gasteiger partial charge in [-0.2, -0.15) is 5.10 Å². The lowest BCUT2D eigenvalue weighted by Gasteiger charge is -2.12. The monoisotopic (exact) mass is 257 g/mol. The molecule has 0 atom stereocenters. The van der Waals surface area contributed by atoms with Crippen LogP contribution in [-0.2, 0) is 0 Å². The fourth-order valence-corrected chi connectivity index (χ4v) is 2.78. The topological polar surface area (TPSA) is 27.6 Å². The molecular weight excluding hydrogens is 242 g/mol. The van der Waals surface area contributed by atoms with E-state index in [9.17, 15) is 0 Å². The zero-order valence-corrected chi connectivity index (χ0v) is 11.1. The number of amidine groups is 1. The van der Waals surface area contributed by atoms with Gasteiger partial charge in [0.25, 0.3) is 0 Å². The van der Waals surface area contributed by atoms with E-state index in [1.165, 1.54) is 10.6 Å². The minimum Gasteiger partial charge on any atom is -0.334 e. The number of hydrogen-bond acceptors (Lipinski definition) is 4. The highest BCUT2D eigenvalue weighted by Crippen LogP contribution is 2.23. The quantitative estimate of drug-likeness (QED) is 0.888. The van der Waals surface area contributed by atoms with Gasteiger partial charge in [0, 0.05) is 13.0 Å².